The molecular weight excluding hydrogens is 478 g/mol. The molecule has 2 aromatic carbocycles. The van der Waals surface area contributed by atoms with E-state index in [1.54, 1.807) is 25.3 Å². The van der Waals surface area contributed by atoms with E-state index in [1.807, 2.05) is 24.3 Å². The van der Waals surface area contributed by atoms with Crippen LogP contribution in [0, 0.1) is 0 Å². The first-order valence-corrected chi connectivity index (χ1v) is 12.4. The first-order valence-electron chi connectivity index (χ1n) is 12.4. The van der Waals surface area contributed by atoms with Gasteiger partial charge in [-0.3, -0.25) is 19.3 Å². The minimum atomic E-state index is -0.851. The molecule has 11 heteroatoms. The topological polar surface area (TPSA) is 113 Å². The lowest BCUT2D eigenvalue weighted by Gasteiger charge is -2.39. The van der Waals surface area contributed by atoms with Crippen molar-refractivity contribution in [3.8, 4) is 17.2 Å². The molecule has 3 heterocycles. The van der Waals surface area contributed by atoms with Gasteiger partial charge in [-0.2, -0.15) is 0 Å². The molecule has 3 amide bonds. The smallest absolute Gasteiger partial charge is 0.243 e. The lowest BCUT2D eigenvalue weighted by Crippen LogP contribution is -2.60. The summed E-state index contributed by atoms with van der Waals surface area (Å²) >= 11 is 0. The molecule has 0 aromatic heterocycles. The molecule has 37 heavy (non-hydrogen) atoms. The Kier molecular flexibility index (Phi) is 7.31. The number of methoxy groups -OCH3 is 1. The van der Waals surface area contributed by atoms with Crippen LogP contribution in [0.4, 0.5) is 11.4 Å². The Hall–Kier alpha value is -3.99. The van der Waals surface area contributed by atoms with E-state index >= 15 is 0 Å². The largest absolute Gasteiger partial charge is 0.497 e. The third kappa shape index (κ3) is 5.72. The third-order valence-electron chi connectivity index (χ3n) is 6.85. The summed E-state index contributed by atoms with van der Waals surface area (Å²) in [5.41, 5.74) is 1.66. The Morgan fingerprint density at radius 1 is 1.03 bits per heavy atom. The van der Waals surface area contributed by atoms with Gasteiger partial charge in [-0.15, -0.1) is 0 Å². The number of hydrogen-bond acceptors (Lipinski definition) is 8. The Morgan fingerprint density at radius 3 is 2.54 bits per heavy atom. The van der Waals surface area contributed by atoms with E-state index in [9.17, 15) is 14.4 Å². The van der Waals surface area contributed by atoms with Crippen LogP contribution < -0.4 is 29.7 Å². The zero-order chi connectivity index (χ0) is 25.8. The van der Waals surface area contributed by atoms with Crippen LogP contribution in [0.3, 0.4) is 0 Å². The Bertz CT molecular complexity index is 1150. The summed E-state index contributed by atoms with van der Waals surface area (Å²) in [6, 6.07) is 12.2. The van der Waals surface area contributed by atoms with E-state index in [0.717, 1.165) is 37.6 Å². The standard InChI is InChI=1S/C26H31N5O6/c1-35-20-5-3-19(4-6-20)30-12-10-29(11-13-30)16-25(33)31-9-8-27-26(34)21(31)15-24(32)28-18-2-7-22-23(14-18)37-17-36-22/h2-7,14,21H,8-13,15-17H2,1H3,(H,27,34)(H,28,32)/t21-/m1/s1. The molecule has 0 spiro atoms. The van der Waals surface area contributed by atoms with Crippen LogP contribution >= 0.6 is 0 Å². The van der Waals surface area contributed by atoms with Gasteiger partial charge < -0.3 is 34.6 Å². The van der Waals surface area contributed by atoms with Gasteiger partial charge >= 0.3 is 0 Å². The van der Waals surface area contributed by atoms with Crippen LogP contribution in [0.2, 0.25) is 0 Å². The summed E-state index contributed by atoms with van der Waals surface area (Å²) in [5, 5.41) is 5.57. The number of benzene rings is 2. The molecule has 0 unspecified atom stereocenters. The summed E-state index contributed by atoms with van der Waals surface area (Å²) in [5.74, 6) is 1.17. The van der Waals surface area contributed by atoms with Gasteiger partial charge in [-0.05, 0) is 36.4 Å². The molecule has 11 nitrogen and oxygen atoms in total. The predicted molar refractivity (Wildman–Crippen MR) is 136 cm³/mol. The SMILES string of the molecule is COc1ccc(N2CCN(CC(=O)N3CCNC(=O)[C@H]3CC(=O)Nc3ccc4c(c3)OCO4)CC2)cc1. The third-order valence-corrected chi connectivity index (χ3v) is 6.85. The number of amides is 3. The highest BCUT2D eigenvalue weighted by Gasteiger charge is 2.35. The summed E-state index contributed by atoms with van der Waals surface area (Å²) in [4.78, 5) is 44.5. The van der Waals surface area contributed by atoms with Gasteiger partial charge in [-0.1, -0.05) is 0 Å². The quantitative estimate of drug-likeness (QED) is 0.566. The molecule has 3 aliphatic heterocycles. The van der Waals surface area contributed by atoms with E-state index in [2.05, 4.69) is 20.4 Å². The van der Waals surface area contributed by atoms with E-state index in [-0.39, 0.29) is 37.5 Å². The van der Waals surface area contributed by atoms with Gasteiger partial charge in [0.15, 0.2) is 11.5 Å². The molecule has 0 aliphatic carbocycles. The molecule has 3 aliphatic rings. The molecule has 2 aromatic rings. The van der Waals surface area contributed by atoms with Crippen LogP contribution in [-0.2, 0) is 14.4 Å². The van der Waals surface area contributed by atoms with Crippen LogP contribution in [0.25, 0.3) is 0 Å². The fourth-order valence-corrected chi connectivity index (χ4v) is 4.82. The highest BCUT2D eigenvalue weighted by molar-refractivity contribution is 5.97. The second-order valence-corrected chi connectivity index (χ2v) is 9.18. The summed E-state index contributed by atoms with van der Waals surface area (Å²) in [6.45, 7) is 4.14. The molecule has 1 atom stereocenters. The molecule has 2 fully saturated rings. The first-order chi connectivity index (χ1) is 18.0. The number of ether oxygens (including phenoxy) is 3. The number of nitrogens with zero attached hydrogens (tertiary/aromatic N) is 3. The molecule has 2 saturated heterocycles. The number of hydrogen-bond donors (Lipinski definition) is 2. The molecule has 2 N–H and O–H groups in total. The fourth-order valence-electron chi connectivity index (χ4n) is 4.82. The average Bonchev–Trinajstić information content (AvgIpc) is 3.38. The van der Waals surface area contributed by atoms with Crippen molar-refractivity contribution in [3.63, 3.8) is 0 Å². The number of rotatable bonds is 7. The van der Waals surface area contributed by atoms with Crippen molar-refractivity contribution in [2.45, 2.75) is 12.5 Å². The van der Waals surface area contributed by atoms with Gasteiger partial charge in [-0.25, -0.2) is 0 Å². The summed E-state index contributed by atoms with van der Waals surface area (Å²) < 4.78 is 15.9. The molecule has 0 saturated carbocycles. The average molecular weight is 510 g/mol. The maximum absolute atomic E-state index is 13.2. The highest BCUT2D eigenvalue weighted by Crippen LogP contribution is 2.34. The number of anilines is 2. The van der Waals surface area contributed by atoms with Gasteiger partial charge in [0.05, 0.1) is 20.1 Å². The van der Waals surface area contributed by atoms with Crippen molar-refractivity contribution in [2.24, 2.45) is 0 Å². The Balaban J connectivity index is 1.15. The van der Waals surface area contributed by atoms with Gasteiger partial charge in [0.1, 0.15) is 11.8 Å². The maximum atomic E-state index is 13.2. The van der Waals surface area contributed by atoms with Crippen LogP contribution in [0.15, 0.2) is 42.5 Å². The van der Waals surface area contributed by atoms with Crippen molar-refractivity contribution in [1.82, 2.24) is 15.1 Å². The number of nitrogens with one attached hydrogen (secondary N) is 2. The molecule has 196 valence electrons. The van der Waals surface area contributed by atoms with Crippen molar-refractivity contribution in [3.05, 3.63) is 42.5 Å². The molecule has 0 radical (unpaired) electrons. The molecule has 5 rings (SSSR count). The maximum Gasteiger partial charge on any atom is 0.243 e. The number of piperazine rings is 2. The monoisotopic (exact) mass is 509 g/mol. The first kappa shape index (κ1) is 24.7. The van der Waals surface area contributed by atoms with Crippen molar-refractivity contribution in [1.29, 1.82) is 0 Å². The normalized spacial score (nSPS) is 19.4. The number of carbonyl (C=O) groups is 3. The predicted octanol–water partition coefficient (Wildman–Crippen LogP) is 0.902. The number of carbonyl (C=O) groups excluding carboxylic acids is 3. The van der Waals surface area contributed by atoms with Crippen LogP contribution in [0.1, 0.15) is 6.42 Å². The highest BCUT2D eigenvalue weighted by atomic mass is 16.7. The van der Waals surface area contributed by atoms with Crippen molar-refractivity contribution < 1.29 is 28.6 Å². The van der Waals surface area contributed by atoms with E-state index in [4.69, 9.17) is 14.2 Å². The summed E-state index contributed by atoms with van der Waals surface area (Å²) in [7, 11) is 1.65. The van der Waals surface area contributed by atoms with Gasteiger partial charge in [0, 0.05) is 56.7 Å². The molecular formula is C26H31N5O6. The Labute approximate surface area is 215 Å². The minimum absolute atomic E-state index is 0.128. The zero-order valence-electron chi connectivity index (χ0n) is 20.8. The van der Waals surface area contributed by atoms with E-state index in [1.165, 1.54) is 4.90 Å². The fraction of sp³-hybridized carbons (Fsp3) is 0.423. The van der Waals surface area contributed by atoms with Crippen LogP contribution in [0.5, 0.6) is 17.2 Å². The summed E-state index contributed by atoms with van der Waals surface area (Å²) in [6.07, 6.45) is -0.128. The van der Waals surface area contributed by atoms with Crippen molar-refractivity contribution >= 4 is 29.1 Å². The molecule has 0 bridgehead atoms. The second kappa shape index (κ2) is 11.0. The zero-order valence-corrected chi connectivity index (χ0v) is 20.8. The lowest BCUT2D eigenvalue weighted by atomic mass is 10.1. The second-order valence-electron chi connectivity index (χ2n) is 9.18. The van der Waals surface area contributed by atoms with Gasteiger partial charge in [0.25, 0.3) is 0 Å². The number of fused-ring (bicyclic) bond motifs is 1. The van der Waals surface area contributed by atoms with E-state index in [0.29, 0.717) is 30.3 Å². The van der Waals surface area contributed by atoms with E-state index < -0.39 is 6.04 Å². The minimum Gasteiger partial charge on any atom is -0.497 e. The van der Waals surface area contributed by atoms with Crippen molar-refractivity contribution in [2.75, 3.05) is 69.9 Å². The lowest BCUT2D eigenvalue weighted by molar-refractivity contribution is -0.145. The van der Waals surface area contributed by atoms with Crippen LogP contribution in [-0.4, -0.2) is 93.3 Å². The van der Waals surface area contributed by atoms with Gasteiger partial charge in [0.2, 0.25) is 24.5 Å². The Morgan fingerprint density at radius 2 is 1.78 bits per heavy atom.